The second-order valence-corrected chi connectivity index (χ2v) is 5.51. The zero-order valence-electron chi connectivity index (χ0n) is 11.3. The maximum absolute atomic E-state index is 12.0. The first kappa shape index (κ1) is 15.2. The number of carboxylic acid groups (broad SMARTS) is 1. The standard InChI is InChI=1S/C14H14BrN3O3/c1-18-8-10(7-16-18)13(14(20)21)17-12(19)6-9-2-4-11(15)5-3-9/h2-5,7-8,13H,6H2,1H3,(H,17,19)(H,20,21). The molecule has 21 heavy (non-hydrogen) atoms. The fourth-order valence-corrected chi connectivity index (χ4v) is 2.14. The van der Waals surface area contributed by atoms with Crippen LogP contribution in [-0.2, 0) is 23.1 Å². The molecule has 110 valence electrons. The number of nitrogens with one attached hydrogen (secondary N) is 1. The molecule has 7 heteroatoms. The van der Waals surface area contributed by atoms with E-state index in [1.165, 1.54) is 10.9 Å². The van der Waals surface area contributed by atoms with Gasteiger partial charge in [-0.25, -0.2) is 4.79 Å². The van der Waals surface area contributed by atoms with Crippen LogP contribution in [0.25, 0.3) is 0 Å². The van der Waals surface area contributed by atoms with Gasteiger partial charge in [-0.2, -0.15) is 5.10 Å². The number of nitrogens with zero attached hydrogens (tertiary/aromatic N) is 2. The molecule has 0 saturated heterocycles. The van der Waals surface area contributed by atoms with Gasteiger partial charge >= 0.3 is 5.97 Å². The van der Waals surface area contributed by atoms with Gasteiger partial charge in [0.1, 0.15) is 0 Å². The Morgan fingerprint density at radius 2 is 2.05 bits per heavy atom. The van der Waals surface area contributed by atoms with Crippen molar-refractivity contribution in [3.05, 3.63) is 52.3 Å². The number of hydrogen-bond donors (Lipinski definition) is 2. The van der Waals surface area contributed by atoms with E-state index in [-0.39, 0.29) is 12.3 Å². The molecule has 0 aliphatic carbocycles. The normalized spacial score (nSPS) is 11.9. The average molecular weight is 352 g/mol. The van der Waals surface area contributed by atoms with E-state index >= 15 is 0 Å². The molecule has 1 unspecified atom stereocenters. The summed E-state index contributed by atoms with van der Waals surface area (Å²) in [4.78, 5) is 23.3. The van der Waals surface area contributed by atoms with Crippen molar-refractivity contribution in [2.24, 2.45) is 7.05 Å². The van der Waals surface area contributed by atoms with Gasteiger partial charge in [-0.3, -0.25) is 9.48 Å². The maximum atomic E-state index is 12.0. The Morgan fingerprint density at radius 1 is 1.38 bits per heavy atom. The van der Waals surface area contributed by atoms with E-state index in [1.807, 2.05) is 24.3 Å². The van der Waals surface area contributed by atoms with Crippen molar-refractivity contribution in [1.29, 1.82) is 0 Å². The Labute approximate surface area is 129 Å². The molecule has 6 nitrogen and oxygen atoms in total. The molecule has 2 N–H and O–H groups in total. The molecule has 1 amide bonds. The number of aliphatic carboxylic acids is 1. The highest BCUT2D eigenvalue weighted by molar-refractivity contribution is 9.10. The number of halogens is 1. The van der Waals surface area contributed by atoms with Crippen LogP contribution in [0.1, 0.15) is 17.2 Å². The minimum Gasteiger partial charge on any atom is -0.479 e. The van der Waals surface area contributed by atoms with Crippen LogP contribution in [0.15, 0.2) is 41.1 Å². The Balaban J connectivity index is 2.05. The largest absolute Gasteiger partial charge is 0.479 e. The second-order valence-electron chi connectivity index (χ2n) is 4.59. The summed E-state index contributed by atoms with van der Waals surface area (Å²) < 4.78 is 2.41. The molecule has 0 bridgehead atoms. The van der Waals surface area contributed by atoms with E-state index in [4.69, 9.17) is 0 Å². The lowest BCUT2D eigenvalue weighted by Gasteiger charge is -2.13. The van der Waals surface area contributed by atoms with E-state index in [0.717, 1.165) is 10.0 Å². The summed E-state index contributed by atoms with van der Waals surface area (Å²) >= 11 is 3.32. The molecule has 0 aliphatic rings. The summed E-state index contributed by atoms with van der Waals surface area (Å²) in [5.41, 5.74) is 1.25. The topological polar surface area (TPSA) is 84.2 Å². The van der Waals surface area contributed by atoms with Crippen LogP contribution >= 0.6 is 15.9 Å². The molecule has 1 atom stereocenters. The first-order valence-corrected chi connectivity index (χ1v) is 7.00. The van der Waals surface area contributed by atoms with Gasteiger partial charge in [0.15, 0.2) is 6.04 Å². The minimum absolute atomic E-state index is 0.122. The number of benzene rings is 1. The summed E-state index contributed by atoms with van der Waals surface area (Å²) in [5, 5.41) is 15.7. The number of carboxylic acids is 1. The number of hydrogen-bond acceptors (Lipinski definition) is 3. The van der Waals surface area contributed by atoms with Crippen LogP contribution < -0.4 is 5.32 Å². The summed E-state index contributed by atoms with van der Waals surface area (Å²) in [6.45, 7) is 0. The van der Waals surface area contributed by atoms with Crippen molar-refractivity contribution in [2.75, 3.05) is 0 Å². The monoisotopic (exact) mass is 351 g/mol. The van der Waals surface area contributed by atoms with Crippen LogP contribution in [0.4, 0.5) is 0 Å². The highest BCUT2D eigenvalue weighted by atomic mass is 79.9. The van der Waals surface area contributed by atoms with Crippen LogP contribution in [-0.4, -0.2) is 26.8 Å². The Kier molecular flexibility index (Phi) is 4.74. The molecular weight excluding hydrogens is 338 g/mol. The summed E-state index contributed by atoms with van der Waals surface area (Å²) in [6, 6.07) is 6.19. The highest BCUT2D eigenvalue weighted by Crippen LogP contribution is 2.14. The number of amides is 1. The third-order valence-corrected chi connectivity index (χ3v) is 3.42. The van der Waals surface area contributed by atoms with Crippen LogP contribution in [0.2, 0.25) is 0 Å². The minimum atomic E-state index is -1.12. The number of aryl methyl sites for hydroxylation is 1. The molecule has 1 heterocycles. The van der Waals surface area contributed by atoms with Gasteiger partial charge in [0.2, 0.25) is 5.91 Å². The SMILES string of the molecule is Cn1cc(C(NC(=O)Cc2ccc(Br)cc2)C(=O)O)cn1. The van der Waals surface area contributed by atoms with Crippen molar-refractivity contribution in [3.63, 3.8) is 0 Å². The lowest BCUT2D eigenvalue weighted by atomic mass is 10.1. The van der Waals surface area contributed by atoms with Gasteiger partial charge in [-0.15, -0.1) is 0 Å². The van der Waals surface area contributed by atoms with Crippen molar-refractivity contribution in [1.82, 2.24) is 15.1 Å². The smallest absolute Gasteiger partial charge is 0.331 e. The van der Waals surface area contributed by atoms with Crippen molar-refractivity contribution in [3.8, 4) is 0 Å². The quantitative estimate of drug-likeness (QED) is 0.857. The van der Waals surface area contributed by atoms with Gasteiger partial charge in [0, 0.05) is 23.3 Å². The predicted octanol–water partition coefficient (Wildman–Crippen LogP) is 1.67. The fourth-order valence-electron chi connectivity index (χ4n) is 1.88. The zero-order chi connectivity index (χ0) is 15.4. The summed E-state index contributed by atoms with van der Waals surface area (Å²) in [7, 11) is 1.69. The number of carbonyl (C=O) groups excluding carboxylic acids is 1. The molecule has 0 fully saturated rings. The first-order chi connectivity index (χ1) is 9.95. The molecular formula is C14H14BrN3O3. The molecule has 0 saturated carbocycles. The summed E-state index contributed by atoms with van der Waals surface area (Å²) in [5.74, 6) is -1.47. The van der Waals surface area contributed by atoms with Gasteiger partial charge in [-0.1, -0.05) is 28.1 Å². The highest BCUT2D eigenvalue weighted by Gasteiger charge is 2.23. The van der Waals surface area contributed by atoms with E-state index in [2.05, 4.69) is 26.3 Å². The first-order valence-electron chi connectivity index (χ1n) is 6.21. The second kappa shape index (κ2) is 6.53. The zero-order valence-corrected chi connectivity index (χ0v) is 12.9. The fraction of sp³-hybridized carbons (Fsp3) is 0.214. The van der Waals surface area contributed by atoms with Crippen LogP contribution in [0, 0.1) is 0 Å². The molecule has 0 spiro atoms. The Hall–Kier alpha value is -2.15. The predicted molar refractivity (Wildman–Crippen MR) is 79.6 cm³/mol. The van der Waals surface area contributed by atoms with Gasteiger partial charge in [-0.05, 0) is 17.7 Å². The van der Waals surface area contributed by atoms with Crippen LogP contribution in [0.5, 0.6) is 0 Å². The number of carbonyl (C=O) groups is 2. The molecule has 0 radical (unpaired) electrons. The Bertz CT molecular complexity index is 652. The maximum Gasteiger partial charge on any atom is 0.331 e. The van der Waals surface area contributed by atoms with E-state index in [0.29, 0.717) is 5.56 Å². The van der Waals surface area contributed by atoms with E-state index in [1.54, 1.807) is 13.2 Å². The van der Waals surface area contributed by atoms with Crippen molar-refractivity contribution >= 4 is 27.8 Å². The molecule has 2 aromatic rings. The van der Waals surface area contributed by atoms with Crippen molar-refractivity contribution in [2.45, 2.75) is 12.5 Å². The van der Waals surface area contributed by atoms with Gasteiger partial charge in [0.05, 0.1) is 12.6 Å². The Morgan fingerprint density at radius 3 is 2.57 bits per heavy atom. The molecule has 1 aromatic carbocycles. The van der Waals surface area contributed by atoms with E-state index in [9.17, 15) is 14.7 Å². The van der Waals surface area contributed by atoms with Crippen molar-refractivity contribution < 1.29 is 14.7 Å². The molecule has 1 aromatic heterocycles. The number of aromatic nitrogens is 2. The van der Waals surface area contributed by atoms with Crippen LogP contribution in [0.3, 0.4) is 0 Å². The summed E-state index contributed by atoms with van der Waals surface area (Å²) in [6.07, 6.45) is 3.12. The van der Waals surface area contributed by atoms with Gasteiger partial charge < -0.3 is 10.4 Å². The third kappa shape index (κ3) is 4.16. The van der Waals surface area contributed by atoms with E-state index < -0.39 is 12.0 Å². The molecule has 2 rings (SSSR count). The number of rotatable bonds is 5. The van der Waals surface area contributed by atoms with Gasteiger partial charge in [0.25, 0.3) is 0 Å². The lowest BCUT2D eigenvalue weighted by Crippen LogP contribution is -2.34. The average Bonchev–Trinajstić information content (AvgIpc) is 2.85. The lowest BCUT2D eigenvalue weighted by molar-refractivity contribution is -0.141. The molecule has 0 aliphatic heterocycles. The third-order valence-electron chi connectivity index (χ3n) is 2.89.